The molecule has 1 unspecified atom stereocenters. The highest BCUT2D eigenvalue weighted by molar-refractivity contribution is 5.77. The highest BCUT2D eigenvalue weighted by Crippen LogP contribution is 2.27. The van der Waals surface area contributed by atoms with Gasteiger partial charge in [0, 0.05) is 12.1 Å². The number of hydrogen-bond donors (Lipinski definition) is 1. The molecule has 0 radical (unpaired) electrons. The zero-order valence-electron chi connectivity index (χ0n) is 7.51. The number of hydrogen-bond acceptors (Lipinski definition) is 3. The number of carbonyl (C=O) groups is 1. The van der Waals surface area contributed by atoms with Gasteiger partial charge in [0.05, 0.1) is 6.61 Å². The van der Waals surface area contributed by atoms with Crippen LogP contribution in [0.4, 0.5) is 0 Å². The smallest absolute Gasteiger partial charge is 0.328 e. The fourth-order valence-electron chi connectivity index (χ4n) is 1.62. The molecule has 0 aromatic rings. The van der Waals surface area contributed by atoms with Gasteiger partial charge in [-0.1, -0.05) is 12.7 Å². The first-order valence-electron chi connectivity index (χ1n) is 4.59. The summed E-state index contributed by atoms with van der Waals surface area (Å²) in [5.74, 6) is -0.122. The van der Waals surface area contributed by atoms with Crippen molar-refractivity contribution in [1.82, 2.24) is 5.32 Å². The number of carbonyl (C=O) groups excluding carboxylic acids is 1. The van der Waals surface area contributed by atoms with E-state index in [-0.39, 0.29) is 12.0 Å². The summed E-state index contributed by atoms with van der Waals surface area (Å²) < 4.78 is 4.85. The fraction of sp³-hybridized carbons (Fsp3) is 0.500. The van der Waals surface area contributed by atoms with Crippen LogP contribution in [-0.2, 0) is 9.53 Å². The number of ether oxygens (including phenoxy) is 1. The molecule has 70 valence electrons. The van der Waals surface area contributed by atoms with Crippen LogP contribution in [0.3, 0.4) is 0 Å². The third-order valence-electron chi connectivity index (χ3n) is 2.56. The first-order valence-corrected chi connectivity index (χ1v) is 4.59. The van der Waals surface area contributed by atoms with E-state index in [1.807, 2.05) is 6.08 Å². The van der Waals surface area contributed by atoms with Crippen molar-refractivity contribution in [1.29, 1.82) is 0 Å². The molecule has 1 fully saturated rings. The Kier molecular flexibility index (Phi) is 2.08. The van der Waals surface area contributed by atoms with Crippen LogP contribution in [-0.4, -0.2) is 18.6 Å². The molecular weight excluding hydrogens is 166 g/mol. The van der Waals surface area contributed by atoms with Crippen LogP contribution in [0.1, 0.15) is 19.3 Å². The van der Waals surface area contributed by atoms with Gasteiger partial charge < -0.3 is 10.1 Å². The van der Waals surface area contributed by atoms with Gasteiger partial charge in [0.1, 0.15) is 6.04 Å². The van der Waals surface area contributed by atoms with Crippen LogP contribution in [0.5, 0.6) is 0 Å². The van der Waals surface area contributed by atoms with Gasteiger partial charge in [-0.05, 0) is 18.4 Å². The number of esters is 1. The summed E-state index contributed by atoms with van der Waals surface area (Å²) in [6.45, 7) is 4.26. The van der Waals surface area contributed by atoms with Crippen LogP contribution >= 0.6 is 0 Å². The maximum absolute atomic E-state index is 11.1. The molecule has 0 saturated carbocycles. The van der Waals surface area contributed by atoms with Gasteiger partial charge in [0.15, 0.2) is 0 Å². The second kappa shape index (κ2) is 3.24. The summed E-state index contributed by atoms with van der Waals surface area (Å²) in [4.78, 5) is 11.1. The van der Waals surface area contributed by atoms with Gasteiger partial charge in [-0.25, -0.2) is 4.79 Å². The fourth-order valence-corrected chi connectivity index (χ4v) is 1.62. The van der Waals surface area contributed by atoms with E-state index in [4.69, 9.17) is 4.74 Å². The van der Waals surface area contributed by atoms with Gasteiger partial charge in [-0.2, -0.15) is 0 Å². The third kappa shape index (κ3) is 1.46. The van der Waals surface area contributed by atoms with Gasteiger partial charge in [0.25, 0.3) is 0 Å². The van der Waals surface area contributed by atoms with E-state index in [9.17, 15) is 4.79 Å². The van der Waals surface area contributed by atoms with E-state index in [1.165, 1.54) is 11.3 Å². The first kappa shape index (κ1) is 8.35. The van der Waals surface area contributed by atoms with E-state index in [0.717, 1.165) is 19.3 Å². The molecule has 1 heterocycles. The molecule has 0 amide bonds. The number of cyclic esters (lactones) is 1. The third-order valence-corrected chi connectivity index (χ3v) is 2.56. The van der Waals surface area contributed by atoms with E-state index < -0.39 is 0 Å². The lowest BCUT2D eigenvalue weighted by Gasteiger charge is -2.24. The standard InChI is InChI=1S/C10H13NO2/c1-2-7-3-4-8(7)11-9-5-6-13-10(9)12/h2,9,11H,1,3-6H2. The largest absolute Gasteiger partial charge is 0.464 e. The Morgan fingerprint density at radius 1 is 1.54 bits per heavy atom. The van der Waals surface area contributed by atoms with E-state index in [1.54, 1.807) is 0 Å². The number of rotatable bonds is 3. The highest BCUT2D eigenvalue weighted by Gasteiger charge is 2.28. The van der Waals surface area contributed by atoms with Gasteiger partial charge in [-0.3, -0.25) is 0 Å². The predicted octanol–water partition coefficient (Wildman–Crippen LogP) is 1.13. The van der Waals surface area contributed by atoms with Gasteiger partial charge >= 0.3 is 5.97 Å². The van der Waals surface area contributed by atoms with Crippen LogP contribution in [0.2, 0.25) is 0 Å². The lowest BCUT2D eigenvalue weighted by molar-refractivity contribution is -0.139. The Bertz CT molecular complexity index is 281. The molecule has 2 aliphatic rings. The molecule has 1 atom stereocenters. The lowest BCUT2D eigenvalue weighted by atomic mass is 9.93. The average molecular weight is 179 g/mol. The van der Waals surface area contributed by atoms with Crippen molar-refractivity contribution in [3.8, 4) is 0 Å². The molecule has 1 aliphatic carbocycles. The first-order chi connectivity index (χ1) is 6.31. The summed E-state index contributed by atoms with van der Waals surface area (Å²) >= 11 is 0. The van der Waals surface area contributed by atoms with Crippen molar-refractivity contribution in [2.24, 2.45) is 0 Å². The Labute approximate surface area is 77.5 Å². The van der Waals surface area contributed by atoms with Crippen LogP contribution < -0.4 is 5.32 Å². The molecule has 0 spiro atoms. The normalized spacial score (nSPS) is 26.8. The Morgan fingerprint density at radius 3 is 2.85 bits per heavy atom. The van der Waals surface area contributed by atoms with Crippen molar-refractivity contribution >= 4 is 5.97 Å². The second-order valence-electron chi connectivity index (χ2n) is 3.36. The molecule has 0 bridgehead atoms. The maximum Gasteiger partial charge on any atom is 0.328 e. The molecule has 3 nitrogen and oxygen atoms in total. The average Bonchev–Trinajstić information content (AvgIpc) is 2.46. The topological polar surface area (TPSA) is 38.3 Å². The summed E-state index contributed by atoms with van der Waals surface area (Å²) in [6, 6.07) is -0.120. The van der Waals surface area contributed by atoms with Crippen molar-refractivity contribution < 1.29 is 9.53 Å². The Balaban J connectivity index is 1.98. The summed E-state index contributed by atoms with van der Waals surface area (Å²) in [7, 11) is 0. The summed E-state index contributed by atoms with van der Waals surface area (Å²) in [6.07, 6.45) is 4.75. The van der Waals surface area contributed by atoms with Gasteiger partial charge in [0.2, 0.25) is 0 Å². The summed E-state index contributed by atoms with van der Waals surface area (Å²) in [5, 5.41) is 3.20. The minimum atomic E-state index is -0.122. The number of allylic oxidation sites excluding steroid dienone is 3. The minimum Gasteiger partial charge on any atom is -0.464 e. The van der Waals surface area contributed by atoms with E-state index in [0.29, 0.717) is 6.61 Å². The van der Waals surface area contributed by atoms with E-state index in [2.05, 4.69) is 11.9 Å². The van der Waals surface area contributed by atoms with Crippen LogP contribution in [0, 0.1) is 0 Å². The minimum absolute atomic E-state index is 0.120. The molecular formula is C10H13NO2. The highest BCUT2D eigenvalue weighted by atomic mass is 16.5. The Hall–Kier alpha value is -1.25. The van der Waals surface area contributed by atoms with Gasteiger partial charge in [-0.15, -0.1) is 0 Å². The molecule has 1 N–H and O–H groups in total. The molecule has 1 aliphatic heterocycles. The predicted molar refractivity (Wildman–Crippen MR) is 49.0 cm³/mol. The van der Waals surface area contributed by atoms with Crippen molar-refractivity contribution in [2.75, 3.05) is 6.61 Å². The van der Waals surface area contributed by atoms with E-state index >= 15 is 0 Å². The molecule has 1 saturated heterocycles. The van der Waals surface area contributed by atoms with Crippen molar-refractivity contribution in [3.63, 3.8) is 0 Å². The molecule has 2 rings (SSSR count). The molecule has 13 heavy (non-hydrogen) atoms. The molecule has 3 heteroatoms. The molecule has 0 aromatic carbocycles. The monoisotopic (exact) mass is 179 g/mol. The number of nitrogens with one attached hydrogen (secondary N) is 1. The molecule has 0 aromatic heterocycles. The van der Waals surface area contributed by atoms with Crippen molar-refractivity contribution in [3.05, 3.63) is 23.9 Å². The van der Waals surface area contributed by atoms with Crippen molar-refractivity contribution in [2.45, 2.75) is 25.3 Å². The van der Waals surface area contributed by atoms with Crippen LogP contribution in [0.15, 0.2) is 23.9 Å². The SMILES string of the molecule is C=CC1=C(NC2CCOC2=O)CC1. The second-order valence-corrected chi connectivity index (χ2v) is 3.36. The zero-order chi connectivity index (χ0) is 9.26. The maximum atomic E-state index is 11.1. The quantitative estimate of drug-likeness (QED) is 0.660. The lowest BCUT2D eigenvalue weighted by Crippen LogP contribution is -2.35. The Morgan fingerprint density at radius 2 is 2.38 bits per heavy atom. The zero-order valence-corrected chi connectivity index (χ0v) is 7.51. The summed E-state index contributed by atoms with van der Waals surface area (Å²) in [5.41, 5.74) is 2.40. The van der Waals surface area contributed by atoms with Crippen LogP contribution in [0.25, 0.3) is 0 Å².